The first-order chi connectivity index (χ1) is 14.0. The molecule has 0 saturated heterocycles. The Balaban J connectivity index is 1.86. The van der Waals surface area contributed by atoms with Crippen LogP contribution in [0.1, 0.15) is 45.7 Å². The Bertz CT molecular complexity index is 1020. The molecule has 0 saturated carbocycles. The van der Waals surface area contributed by atoms with Gasteiger partial charge >= 0.3 is 0 Å². The van der Waals surface area contributed by atoms with Crippen molar-refractivity contribution >= 4 is 23.2 Å². The van der Waals surface area contributed by atoms with Crippen LogP contribution in [0.15, 0.2) is 67.0 Å². The minimum Gasteiger partial charge on any atom is -0.321 e. The average Bonchev–Trinajstić information content (AvgIpc) is 2.76. The summed E-state index contributed by atoms with van der Waals surface area (Å²) in [6.45, 7) is 6.45. The molecule has 2 amide bonds. The van der Waals surface area contributed by atoms with Gasteiger partial charge in [0.2, 0.25) is 0 Å². The van der Waals surface area contributed by atoms with Crippen molar-refractivity contribution in [1.82, 2.24) is 4.98 Å². The number of benzene rings is 2. The van der Waals surface area contributed by atoms with Gasteiger partial charge in [-0.05, 0) is 49.6 Å². The number of rotatable bonds is 6. The van der Waals surface area contributed by atoms with Crippen molar-refractivity contribution < 1.29 is 9.59 Å². The second-order valence-corrected chi connectivity index (χ2v) is 6.76. The van der Waals surface area contributed by atoms with Crippen molar-refractivity contribution in [2.45, 2.75) is 27.2 Å². The third-order valence-electron chi connectivity index (χ3n) is 4.86. The molecule has 148 valence electrons. The first-order valence-electron chi connectivity index (χ1n) is 9.77. The number of pyridine rings is 1. The molecule has 2 aromatic carbocycles. The smallest absolute Gasteiger partial charge is 0.259 e. The van der Waals surface area contributed by atoms with Gasteiger partial charge in [-0.3, -0.25) is 14.6 Å². The third kappa shape index (κ3) is 4.51. The number of para-hydroxylation sites is 2. The maximum Gasteiger partial charge on any atom is 0.259 e. The maximum atomic E-state index is 13.0. The number of aryl methyl sites for hydroxylation is 2. The van der Waals surface area contributed by atoms with Gasteiger partial charge in [0.25, 0.3) is 11.8 Å². The van der Waals surface area contributed by atoms with Gasteiger partial charge in [-0.15, -0.1) is 0 Å². The van der Waals surface area contributed by atoms with Crippen LogP contribution in [0.25, 0.3) is 0 Å². The van der Waals surface area contributed by atoms with Crippen LogP contribution >= 0.6 is 0 Å². The third-order valence-corrected chi connectivity index (χ3v) is 4.86. The largest absolute Gasteiger partial charge is 0.321 e. The lowest BCUT2D eigenvalue weighted by molar-refractivity contribution is 0.0988. The highest BCUT2D eigenvalue weighted by Crippen LogP contribution is 2.22. The molecule has 0 radical (unpaired) electrons. The SMILES string of the molecule is CCc1cccc(C)c1NC(=O)c1cncc(C(=O)N(CC)c2ccccc2)c1. The normalized spacial score (nSPS) is 10.4. The summed E-state index contributed by atoms with van der Waals surface area (Å²) in [5.41, 5.74) is 4.42. The molecule has 5 heteroatoms. The van der Waals surface area contributed by atoms with Gasteiger partial charge in [0.1, 0.15) is 0 Å². The van der Waals surface area contributed by atoms with Gasteiger partial charge in [-0.25, -0.2) is 0 Å². The van der Waals surface area contributed by atoms with Crippen molar-refractivity contribution in [2.24, 2.45) is 0 Å². The summed E-state index contributed by atoms with van der Waals surface area (Å²) in [6.07, 6.45) is 3.79. The van der Waals surface area contributed by atoms with Crippen LogP contribution < -0.4 is 10.2 Å². The number of nitrogens with zero attached hydrogens (tertiary/aromatic N) is 2. The van der Waals surface area contributed by atoms with Crippen molar-refractivity contribution in [2.75, 3.05) is 16.8 Å². The zero-order chi connectivity index (χ0) is 20.8. The number of carbonyl (C=O) groups is 2. The molecular weight excluding hydrogens is 362 g/mol. The number of hydrogen-bond acceptors (Lipinski definition) is 3. The van der Waals surface area contributed by atoms with E-state index in [0.717, 1.165) is 28.9 Å². The minimum atomic E-state index is -0.279. The second kappa shape index (κ2) is 9.15. The van der Waals surface area contributed by atoms with Crippen molar-refractivity contribution in [3.8, 4) is 0 Å². The number of hydrogen-bond donors (Lipinski definition) is 1. The highest BCUT2D eigenvalue weighted by atomic mass is 16.2. The molecule has 3 aromatic rings. The van der Waals surface area contributed by atoms with Crippen molar-refractivity contribution in [3.63, 3.8) is 0 Å². The summed E-state index contributed by atoms with van der Waals surface area (Å²) in [5, 5.41) is 2.98. The van der Waals surface area contributed by atoms with Crippen molar-refractivity contribution in [1.29, 1.82) is 0 Å². The molecule has 0 bridgehead atoms. The van der Waals surface area contributed by atoms with Crippen LogP contribution in [-0.2, 0) is 6.42 Å². The standard InChI is InChI=1S/C24H25N3O2/c1-4-18-11-9-10-17(3)22(18)26-23(28)19-14-20(16-25-15-19)24(29)27(5-2)21-12-7-6-8-13-21/h6-16H,4-5H2,1-3H3,(H,26,28). The predicted molar refractivity (Wildman–Crippen MR) is 117 cm³/mol. The Morgan fingerprint density at radius 3 is 2.38 bits per heavy atom. The molecule has 0 atom stereocenters. The quantitative estimate of drug-likeness (QED) is 0.656. The number of anilines is 2. The summed E-state index contributed by atoms with van der Waals surface area (Å²) in [7, 11) is 0. The Labute approximate surface area is 171 Å². The number of aromatic nitrogens is 1. The topological polar surface area (TPSA) is 62.3 Å². The van der Waals surface area contributed by atoms with Crippen LogP contribution in [0.5, 0.6) is 0 Å². The van der Waals surface area contributed by atoms with Gasteiger partial charge in [0, 0.05) is 30.3 Å². The van der Waals surface area contributed by atoms with E-state index in [4.69, 9.17) is 0 Å². The molecule has 1 heterocycles. The highest BCUT2D eigenvalue weighted by Gasteiger charge is 2.18. The molecule has 0 aliphatic heterocycles. The number of amides is 2. The van der Waals surface area contributed by atoms with E-state index in [9.17, 15) is 9.59 Å². The fraction of sp³-hybridized carbons (Fsp3) is 0.208. The zero-order valence-electron chi connectivity index (χ0n) is 17.0. The Morgan fingerprint density at radius 2 is 1.69 bits per heavy atom. The Kier molecular flexibility index (Phi) is 6.39. The minimum absolute atomic E-state index is 0.189. The van der Waals surface area contributed by atoms with E-state index < -0.39 is 0 Å². The molecule has 1 N–H and O–H groups in total. The zero-order valence-corrected chi connectivity index (χ0v) is 17.0. The molecular formula is C24H25N3O2. The number of nitrogens with one attached hydrogen (secondary N) is 1. The molecule has 0 aliphatic carbocycles. The molecule has 0 aliphatic rings. The van der Waals surface area contributed by atoms with E-state index in [0.29, 0.717) is 17.7 Å². The van der Waals surface area contributed by atoms with Crippen LogP contribution in [-0.4, -0.2) is 23.3 Å². The van der Waals surface area contributed by atoms with E-state index in [1.54, 1.807) is 11.0 Å². The summed E-state index contributed by atoms with van der Waals surface area (Å²) >= 11 is 0. The molecule has 0 fully saturated rings. The lowest BCUT2D eigenvalue weighted by Crippen LogP contribution is -2.31. The van der Waals surface area contributed by atoms with Gasteiger partial charge in [0.15, 0.2) is 0 Å². The second-order valence-electron chi connectivity index (χ2n) is 6.76. The first kappa shape index (κ1) is 20.3. The summed E-state index contributed by atoms with van der Waals surface area (Å²) in [4.78, 5) is 31.7. The van der Waals surface area contributed by atoms with Crippen LogP contribution in [0.2, 0.25) is 0 Å². The van der Waals surface area contributed by atoms with E-state index in [-0.39, 0.29) is 11.8 Å². The van der Waals surface area contributed by atoms with Gasteiger partial charge in [0.05, 0.1) is 11.1 Å². The molecule has 5 nitrogen and oxygen atoms in total. The van der Waals surface area contributed by atoms with Crippen LogP contribution in [0.3, 0.4) is 0 Å². The highest BCUT2D eigenvalue weighted by molar-refractivity contribution is 6.09. The molecule has 0 unspecified atom stereocenters. The Morgan fingerprint density at radius 1 is 0.966 bits per heavy atom. The number of carbonyl (C=O) groups excluding carboxylic acids is 2. The first-order valence-corrected chi connectivity index (χ1v) is 9.77. The van der Waals surface area contributed by atoms with E-state index in [2.05, 4.69) is 10.3 Å². The molecule has 29 heavy (non-hydrogen) atoms. The summed E-state index contributed by atoms with van der Waals surface area (Å²) in [6, 6.07) is 17.0. The van der Waals surface area contributed by atoms with E-state index in [1.807, 2.05) is 69.3 Å². The van der Waals surface area contributed by atoms with Crippen molar-refractivity contribution in [3.05, 3.63) is 89.2 Å². The molecule has 1 aromatic heterocycles. The van der Waals surface area contributed by atoms with Crippen LogP contribution in [0, 0.1) is 6.92 Å². The van der Waals surface area contributed by atoms with E-state index in [1.165, 1.54) is 12.4 Å². The lowest BCUT2D eigenvalue weighted by atomic mass is 10.1. The predicted octanol–water partition coefficient (Wildman–Crippen LogP) is 4.87. The Hall–Kier alpha value is -3.47. The van der Waals surface area contributed by atoms with E-state index >= 15 is 0 Å². The van der Waals surface area contributed by atoms with Gasteiger partial charge in [-0.1, -0.05) is 43.3 Å². The fourth-order valence-corrected chi connectivity index (χ4v) is 3.28. The average molecular weight is 387 g/mol. The fourth-order valence-electron chi connectivity index (χ4n) is 3.28. The summed E-state index contributed by atoms with van der Waals surface area (Å²) in [5.74, 6) is -0.468. The van der Waals surface area contributed by atoms with Gasteiger partial charge < -0.3 is 10.2 Å². The van der Waals surface area contributed by atoms with Crippen LogP contribution in [0.4, 0.5) is 11.4 Å². The lowest BCUT2D eigenvalue weighted by Gasteiger charge is -2.21. The summed E-state index contributed by atoms with van der Waals surface area (Å²) < 4.78 is 0. The van der Waals surface area contributed by atoms with Gasteiger partial charge in [-0.2, -0.15) is 0 Å². The molecule has 0 spiro atoms. The molecule has 3 rings (SSSR count). The monoisotopic (exact) mass is 387 g/mol. The maximum absolute atomic E-state index is 13.0.